The molecule has 37 heavy (non-hydrogen) atoms. The lowest BCUT2D eigenvalue weighted by atomic mass is 10.1. The molecule has 12 heteroatoms. The molecule has 1 amide bonds. The number of pyridine rings is 1. The quantitative estimate of drug-likeness (QED) is 0.272. The molecule has 0 saturated heterocycles. The van der Waals surface area contributed by atoms with E-state index < -0.39 is 28.6 Å². The van der Waals surface area contributed by atoms with Gasteiger partial charge in [0.25, 0.3) is 5.91 Å². The molecule has 0 radical (unpaired) electrons. The molecule has 0 spiro atoms. The first kappa shape index (κ1) is 27.7. The number of aromatic nitrogens is 2. The number of esters is 1. The number of nitrogens with two attached hydrogens (primary N) is 1. The third-order valence-corrected chi connectivity index (χ3v) is 5.97. The molecule has 196 valence electrons. The molecule has 3 rings (SSSR count). The van der Waals surface area contributed by atoms with Crippen LogP contribution in [0.5, 0.6) is 0 Å². The molecule has 4 N–H and O–H groups in total. The number of carbonyl (C=O) groups excluding carboxylic acids is 3. The van der Waals surface area contributed by atoms with E-state index in [0.717, 1.165) is 29.5 Å². The molecule has 0 aliphatic rings. The van der Waals surface area contributed by atoms with Crippen molar-refractivity contribution in [2.24, 2.45) is 5.92 Å². The Hall–Kier alpha value is -3.93. The minimum atomic E-state index is -0.998. The fraction of sp³-hybridized carbons (Fsp3) is 0.320. The van der Waals surface area contributed by atoms with Crippen molar-refractivity contribution in [3.63, 3.8) is 0 Å². The van der Waals surface area contributed by atoms with Gasteiger partial charge in [-0.3, -0.25) is 14.4 Å². The predicted molar refractivity (Wildman–Crippen MR) is 136 cm³/mol. The van der Waals surface area contributed by atoms with Gasteiger partial charge in [-0.25, -0.2) is 18.7 Å². The van der Waals surface area contributed by atoms with E-state index in [2.05, 4.69) is 20.6 Å². The first-order chi connectivity index (χ1) is 17.4. The molecule has 0 aliphatic heterocycles. The number of nitrogens with zero attached hydrogens (tertiary/aromatic N) is 2. The van der Waals surface area contributed by atoms with Crippen molar-refractivity contribution < 1.29 is 27.9 Å². The lowest BCUT2D eigenvalue weighted by Crippen LogP contribution is -2.31. The van der Waals surface area contributed by atoms with E-state index in [-0.39, 0.29) is 40.2 Å². The number of rotatable bonds is 9. The SMILES string of the molecule is CC(CCNC(=O)c1ccc(Nc2nc(N)c(C(=O)c3c(F)cccc3F)s2)nc1)C(=O)OC(C)(C)C. The van der Waals surface area contributed by atoms with E-state index in [9.17, 15) is 23.2 Å². The van der Waals surface area contributed by atoms with Crippen LogP contribution >= 0.6 is 11.3 Å². The van der Waals surface area contributed by atoms with Crippen LogP contribution in [-0.4, -0.2) is 39.8 Å². The van der Waals surface area contributed by atoms with Crippen molar-refractivity contribution in [3.8, 4) is 0 Å². The molecule has 0 bridgehead atoms. The minimum absolute atomic E-state index is 0.122. The summed E-state index contributed by atoms with van der Waals surface area (Å²) < 4.78 is 33.3. The van der Waals surface area contributed by atoms with E-state index in [1.165, 1.54) is 18.3 Å². The standard InChI is InChI=1S/C25H27F2N5O4S/c1-13(23(35)36-25(2,3)4)10-11-29-22(34)14-8-9-17(30-12-14)31-24-32-21(28)20(37-24)19(33)18-15(26)6-5-7-16(18)27/h5-9,12-13H,10-11,28H2,1-4H3,(H,29,34)(H,30,31,32). The largest absolute Gasteiger partial charge is 0.460 e. The Bertz CT molecular complexity index is 1290. The van der Waals surface area contributed by atoms with E-state index in [1.54, 1.807) is 27.7 Å². The van der Waals surface area contributed by atoms with Crippen LogP contribution < -0.4 is 16.4 Å². The molecular formula is C25H27F2N5O4S. The van der Waals surface area contributed by atoms with Gasteiger partial charge in [-0.2, -0.15) is 0 Å². The van der Waals surface area contributed by atoms with Crippen molar-refractivity contribution in [2.75, 3.05) is 17.6 Å². The molecule has 0 saturated carbocycles. The molecule has 0 fully saturated rings. The number of hydrogen-bond acceptors (Lipinski definition) is 9. The Kier molecular flexibility index (Phi) is 8.53. The van der Waals surface area contributed by atoms with E-state index in [1.807, 2.05) is 0 Å². The Morgan fingerprint density at radius 3 is 2.41 bits per heavy atom. The van der Waals surface area contributed by atoms with Crippen LogP contribution in [0.1, 0.15) is 59.7 Å². The molecule has 9 nitrogen and oxygen atoms in total. The highest BCUT2D eigenvalue weighted by Crippen LogP contribution is 2.30. The third-order valence-electron chi connectivity index (χ3n) is 4.98. The fourth-order valence-corrected chi connectivity index (χ4v) is 3.95. The van der Waals surface area contributed by atoms with Crippen LogP contribution in [0.15, 0.2) is 36.5 Å². The summed E-state index contributed by atoms with van der Waals surface area (Å²) in [6, 6.07) is 6.17. The maximum absolute atomic E-state index is 14.0. The number of carbonyl (C=O) groups is 3. The predicted octanol–water partition coefficient (Wildman–Crippen LogP) is 4.47. The zero-order valence-electron chi connectivity index (χ0n) is 20.7. The van der Waals surface area contributed by atoms with Gasteiger partial charge in [-0.15, -0.1) is 0 Å². The minimum Gasteiger partial charge on any atom is -0.460 e. The molecule has 2 aromatic heterocycles. The monoisotopic (exact) mass is 531 g/mol. The van der Waals surface area contributed by atoms with E-state index >= 15 is 0 Å². The van der Waals surface area contributed by atoms with Crippen molar-refractivity contribution in [3.05, 3.63) is 64.2 Å². The van der Waals surface area contributed by atoms with Crippen molar-refractivity contribution >= 4 is 45.8 Å². The maximum atomic E-state index is 14.0. The molecule has 1 aromatic carbocycles. The molecule has 2 heterocycles. The van der Waals surface area contributed by atoms with Crippen LogP contribution in [0.3, 0.4) is 0 Å². The Balaban J connectivity index is 1.58. The van der Waals surface area contributed by atoms with Gasteiger partial charge in [-0.05, 0) is 51.5 Å². The first-order valence-electron chi connectivity index (χ1n) is 11.3. The summed E-state index contributed by atoms with van der Waals surface area (Å²) in [6.07, 6.45) is 1.75. The lowest BCUT2D eigenvalue weighted by Gasteiger charge is -2.22. The van der Waals surface area contributed by atoms with E-state index in [0.29, 0.717) is 17.8 Å². The average molecular weight is 532 g/mol. The number of halogens is 2. The van der Waals surface area contributed by atoms with Crippen molar-refractivity contribution in [1.82, 2.24) is 15.3 Å². The number of hydrogen-bond donors (Lipinski definition) is 3. The van der Waals surface area contributed by atoms with Gasteiger partial charge in [0, 0.05) is 12.7 Å². The second-order valence-corrected chi connectivity index (χ2v) is 10.2. The second kappa shape index (κ2) is 11.4. The summed E-state index contributed by atoms with van der Waals surface area (Å²) in [5, 5.41) is 5.76. The number of ether oxygens (including phenoxy) is 1. The summed E-state index contributed by atoms with van der Waals surface area (Å²) in [7, 11) is 0. The van der Waals surface area contributed by atoms with Gasteiger partial charge in [0.2, 0.25) is 5.78 Å². The zero-order chi connectivity index (χ0) is 27.3. The third kappa shape index (κ3) is 7.29. The van der Waals surface area contributed by atoms with E-state index in [4.69, 9.17) is 10.5 Å². The van der Waals surface area contributed by atoms with Gasteiger partial charge in [0.15, 0.2) is 5.13 Å². The van der Waals surface area contributed by atoms with Crippen LogP contribution in [0.2, 0.25) is 0 Å². The topological polar surface area (TPSA) is 136 Å². The smallest absolute Gasteiger partial charge is 0.309 e. The molecule has 1 unspecified atom stereocenters. The number of nitrogens with one attached hydrogen (secondary N) is 2. The number of ketones is 1. The highest BCUT2D eigenvalue weighted by atomic mass is 32.1. The summed E-state index contributed by atoms with van der Waals surface area (Å²) in [4.78, 5) is 45.1. The summed E-state index contributed by atoms with van der Waals surface area (Å²) in [5.74, 6) is -3.86. The first-order valence-corrected chi connectivity index (χ1v) is 12.2. The number of amides is 1. The number of anilines is 3. The Morgan fingerprint density at radius 2 is 1.81 bits per heavy atom. The van der Waals surface area contributed by atoms with Gasteiger partial charge in [0.1, 0.15) is 33.7 Å². The average Bonchev–Trinajstić information content (AvgIpc) is 3.17. The highest BCUT2D eigenvalue weighted by molar-refractivity contribution is 7.18. The molecule has 3 aromatic rings. The second-order valence-electron chi connectivity index (χ2n) is 9.20. The zero-order valence-corrected chi connectivity index (χ0v) is 21.5. The lowest BCUT2D eigenvalue weighted by molar-refractivity contribution is -0.159. The van der Waals surface area contributed by atoms with Crippen LogP contribution in [0, 0.1) is 17.6 Å². The van der Waals surface area contributed by atoms with Gasteiger partial charge in [-0.1, -0.05) is 24.3 Å². The Morgan fingerprint density at radius 1 is 1.14 bits per heavy atom. The summed E-state index contributed by atoms with van der Waals surface area (Å²) >= 11 is 0.817. The van der Waals surface area contributed by atoms with Crippen LogP contribution in [0.25, 0.3) is 0 Å². The normalized spacial score (nSPS) is 12.1. The molecular weight excluding hydrogens is 504 g/mol. The summed E-state index contributed by atoms with van der Waals surface area (Å²) in [5.41, 5.74) is 4.81. The van der Waals surface area contributed by atoms with Crippen molar-refractivity contribution in [1.29, 1.82) is 0 Å². The number of nitrogen functional groups attached to an aromatic ring is 1. The number of thiazole rings is 1. The number of benzene rings is 1. The van der Waals surface area contributed by atoms with Crippen LogP contribution in [0.4, 0.5) is 25.5 Å². The fourth-order valence-electron chi connectivity index (χ4n) is 3.11. The maximum Gasteiger partial charge on any atom is 0.309 e. The van der Waals surface area contributed by atoms with Gasteiger partial charge < -0.3 is 21.1 Å². The molecule has 1 atom stereocenters. The summed E-state index contributed by atoms with van der Waals surface area (Å²) in [6.45, 7) is 7.38. The van der Waals surface area contributed by atoms with Gasteiger partial charge >= 0.3 is 5.97 Å². The van der Waals surface area contributed by atoms with Crippen molar-refractivity contribution in [2.45, 2.75) is 39.7 Å². The van der Waals surface area contributed by atoms with Gasteiger partial charge in [0.05, 0.1) is 17.0 Å². The highest BCUT2D eigenvalue weighted by Gasteiger charge is 2.24. The molecule has 0 aliphatic carbocycles. The Labute approximate surface area is 216 Å². The van der Waals surface area contributed by atoms with Crippen LogP contribution in [-0.2, 0) is 9.53 Å².